The SMILES string of the molecule is CC(C)C(=O)Nc1nc2n(n1)[C@H](c1ccccc1)CC(=O)N2. The summed E-state index contributed by atoms with van der Waals surface area (Å²) in [6.45, 7) is 3.58. The molecule has 3 rings (SSSR count). The highest BCUT2D eigenvalue weighted by atomic mass is 16.2. The van der Waals surface area contributed by atoms with Gasteiger partial charge < -0.3 is 0 Å². The summed E-state index contributed by atoms with van der Waals surface area (Å²) < 4.78 is 1.65. The summed E-state index contributed by atoms with van der Waals surface area (Å²) in [5, 5.41) is 9.66. The fraction of sp³-hybridized carbons (Fsp3) is 0.333. The van der Waals surface area contributed by atoms with Crippen LogP contribution < -0.4 is 10.6 Å². The van der Waals surface area contributed by atoms with Gasteiger partial charge in [0, 0.05) is 5.92 Å². The van der Waals surface area contributed by atoms with Gasteiger partial charge in [0.25, 0.3) is 5.95 Å². The Morgan fingerprint density at radius 2 is 2.09 bits per heavy atom. The minimum Gasteiger partial charge on any atom is -0.295 e. The van der Waals surface area contributed by atoms with Gasteiger partial charge in [-0.15, -0.1) is 5.10 Å². The Balaban J connectivity index is 1.94. The van der Waals surface area contributed by atoms with Crippen LogP contribution in [-0.4, -0.2) is 26.6 Å². The van der Waals surface area contributed by atoms with E-state index in [0.29, 0.717) is 5.95 Å². The molecule has 1 aromatic heterocycles. The molecule has 1 aliphatic rings. The lowest BCUT2D eigenvalue weighted by Crippen LogP contribution is -2.29. The Kier molecular flexibility index (Phi) is 3.62. The van der Waals surface area contributed by atoms with E-state index in [1.54, 1.807) is 18.5 Å². The fourth-order valence-corrected chi connectivity index (χ4v) is 2.31. The zero-order valence-corrected chi connectivity index (χ0v) is 12.4. The quantitative estimate of drug-likeness (QED) is 0.904. The van der Waals surface area contributed by atoms with Gasteiger partial charge in [0.15, 0.2) is 0 Å². The smallest absolute Gasteiger partial charge is 0.250 e. The predicted octanol–water partition coefficient (Wildman–Crippen LogP) is 1.80. The number of carbonyl (C=O) groups excluding carboxylic acids is 2. The first kappa shape index (κ1) is 14.2. The van der Waals surface area contributed by atoms with E-state index in [1.807, 2.05) is 30.3 Å². The van der Waals surface area contributed by atoms with Crippen molar-refractivity contribution in [2.75, 3.05) is 10.6 Å². The molecule has 22 heavy (non-hydrogen) atoms. The maximum absolute atomic E-state index is 11.9. The highest BCUT2D eigenvalue weighted by Gasteiger charge is 2.29. The summed E-state index contributed by atoms with van der Waals surface area (Å²) in [5.74, 6) is 0.113. The lowest BCUT2D eigenvalue weighted by atomic mass is 10.0. The van der Waals surface area contributed by atoms with Gasteiger partial charge in [-0.3, -0.25) is 20.2 Å². The van der Waals surface area contributed by atoms with Crippen LogP contribution in [0.3, 0.4) is 0 Å². The van der Waals surface area contributed by atoms with E-state index in [9.17, 15) is 9.59 Å². The van der Waals surface area contributed by atoms with Gasteiger partial charge in [-0.25, -0.2) is 4.68 Å². The van der Waals surface area contributed by atoms with Crippen molar-refractivity contribution in [2.24, 2.45) is 5.92 Å². The largest absolute Gasteiger partial charge is 0.295 e. The molecule has 0 unspecified atom stereocenters. The minimum atomic E-state index is -0.220. The second kappa shape index (κ2) is 5.59. The number of rotatable bonds is 3. The van der Waals surface area contributed by atoms with Crippen LogP contribution in [0, 0.1) is 5.92 Å². The van der Waals surface area contributed by atoms with Crippen LogP contribution in [0.25, 0.3) is 0 Å². The van der Waals surface area contributed by atoms with E-state index in [0.717, 1.165) is 5.56 Å². The average Bonchev–Trinajstić information content (AvgIpc) is 2.89. The predicted molar refractivity (Wildman–Crippen MR) is 81.3 cm³/mol. The lowest BCUT2D eigenvalue weighted by Gasteiger charge is -2.23. The van der Waals surface area contributed by atoms with Gasteiger partial charge in [0.1, 0.15) is 0 Å². The second-order valence-corrected chi connectivity index (χ2v) is 5.53. The number of aromatic nitrogens is 3. The molecule has 2 amide bonds. The summed E-state index contributed by atoms with van der Waals surface area (Å²) >= 11 is 0. The van der Waals surface area contributed by atoms with Gasteiger partial charge in [0.2, 0.25) is 17.8 Å². The average molecular weight is 299 g/mol. The van der Waals surface area contributed by atoms with Crippen LogP contribution in [0.2, 0.25) is 0 Å². The summed E-state index contributed by atoms with van der Waals surface area (Å²) in [6.07, 6.45) is 0.290. The molecular formula is C15H17N5O2. The normalized spacial score (nSPS) is 17.0. The van der Waals surface area contributed by atoms with Gasteiger partial charge in [-0.05, 0) is 5.56 Å². The maximum atomic E-state index is 11.9. The van der Waals surface area contributed by atoms with Gasteiger partial charge in [-0.1, -0.05) is 44.2 Å². The molecule has 0 saturated heterocycles. The summed E-state index contributed by atoms with van der Waals surface area (Å²) in [4.78, 5) is 27.8. The molecule has 2 heterocycles. The molecule has 1 atom stereocenters. The summed E-state index contributed by atoms with van der Waals surface area (Å²) in [5.41, 5.74) is 0.977. The first-order valence-electron chi connectivity index (χ1n) is 7.17. The summed E-state index contributed by atoms with van der Waals surface area (Å²) in [6, 6.07) is 9.42. The maximum Gasteiger partial charge on any atom is 0.250 e. The first-order valence-corrected chi connectivity index (χ1v) is 7.17. The monoisotopic (exact) mass is 299 g/mol. The molecule has 0 aliphatic carbocycles. The molecular weight excluding hydrogens is 282 g/mol. The number of benzene rings is 1. The molecule has 0 radical (unpaired) electrons. The number of carbonyl (C=O) groups is 2. The molecule has 0 saturated carbocycles. The van der Waals surface area contributed by atoms with Crippen molar-refractivity contribution in [2.45, 2.75) is 26.3 Å². The van der Waals surface area contributed by atoms with Crippen molar-refractivity contribution in [3.63, 3.8) is 0 Å². The molecule has 114 valence electrons. The number of anilines is 2. The van der Waals surface area contributed by atoms with E-state index in [4.69, 9.17) is 0 Å². The van der Waals surface area contributed by atoms with Crippen molar-refractivity contribution in [1.29, 1.82) is 0 Å². The van der Waals surface area contributed by atoms with E-state index >= 15 is 0 Å². The molecule has 0 bridgehead atoms. The molecule has 1 aromatic carbocycles. The molecule has 2 N–H and O–H groups in total. The molecule has 0 fully saturated rings. The van der Waals surface area contributed by atoms with E-state index < -0.39 is 0 Å². The van der Waals surface area contributed by atoms with Crippen molar-refractivity contribution in [3.05, 3.63) is 35.9 Å². The van der Waals surface area contributed by atoms with E-state index in [1.165, 1.54) is 0 Å². The van der Waals surface area contributed by atoms with E-state index in [-0.39, 0.29) is 36.1 Å². The van der Waals surface area contributed by atoms with Crippen LogP contribution in [0.15, 0.2) is 30.3 Å². The first-order chi connectivity index (χ1) is 10.5. The number of hydrogen-bond acceptors (Lipinski definition) is 4. The van der Waals surface area contributed by atoms with E-state index in [2.05, 4.69) is 20.7 Å². The number of nitrogens with one attached hydrogen (secondary N) is 2. The highest BCUT2D eigenvalue weighted by Crippen LogP contribution is 2.29. The molecule has 7 nitrogen and oxygen atoms in total. The van der Waals surface area contributed by atoms with Gasteiger partial charge in [-0.2, -0.15) is 4.98 Å². The summed E-state index contributed by atoms with van der Waals surface area (Å²) in [7, 11) is 0. The second-order valence-electron chi connectivity index (χ2n) is 5.53. The topological polar surface area (TPSA) is 88.9 Å². The highest BCUT2D eigenvalue weighted by molar-refractivity contribution is 5.93. The number of hydrogen-bond donors (Lipinski definition) is 2. The molecule has 1 aliphatic heterocycles. The zero-order valence-electron chi connectivity index (χ0n) is 12.4. The van der Waals surface area contributed by atoms with Crippen molar-refractivity contribution >= 4 is 23.7 Å². The van der Waals surface area contributed by atoms with Crippen LogP contribution >= 0.6 is 0 Å². The van der Waals surface area contributed by atoms with Crippen molar-refractivity contribution in [1.82, 2.24) is 14.8 Å². The third kappa shape index (κ3) is 2.69. The van der Waals surface area contributed by atoms with Gasteiger partial charge >= 0.3 is 0 Å². The molecule has 2 aromatic rings. The van der Waals surface area contributed by atoms with Crippen LogP contribution in [-0.2, 0) is 9.59 Å². The van der Waals surface area contributed by atoms with Crippen molar-refractivity contribution in [3.8, 4) is 0 Å². The molecule has 0 spiro atoms. The Hall–Kier alpha value is -2.70. The Labute approximate surface area is 127 Å². The Bertz CT molecular complexity index is 708. The van der Waals surface area contributed by atoms with Crippen LogP contribution in [0.4, 0.5) is 11.9 Å². The third-order valence-corrected chi connectivity index (χ3v) is 3.50. The number of amides is 2. The standard InChI is InChI=1S/C15H17N5O2/c1-9(2)13(22)17-14-18-15-16-12(21)8-11(20(15)19-14)10-6-4-3-5-7-10/h3-7,9,11H,8H2,1-2H3,(H2,16,17,18,19,21,22)/t11-/m0/s1. The Morgan fingerprint density at radius 1 is 1.36 bits per heavy atom. The van der Waals surface area contributed by atoms with Gasteiger partial charge in [0.05, 0.1) is 12.5 Å². The van der Waals surface area contributed by atoms with Crippen molar-refractivity contribution < 1.29 is 9.59 Å². The minimum absolute atomic E-state index is 0.115. The fourth-order valence-electron chi connectivity index (χ4n) is 2.31. The number of fused-ring (bicyclic) bond motifs is 1. The van der Waals surface area contributed by atoms with Crippen LogP contribution in [0.5, 0.6) is 0 Å². The molecule has 7 heteroatoms. The third-order valence-electron chi connectivity index (χ3n) is 3.50. The Morgan fingerprint density at radius 3 is 2.77 bits per heavy atom. The lowest BCUT2D eigenvalue weighted by molar-refractivity contribution is -0.119. The van der Waals surface area contributed by atoms with Crippen LogP contribution in [0.1, 0.15) is 31.9 Å². The number of nitrogens with zero attached hydrogens (tertiary/aromatic N) is 3. The zero-order chi connectivity index (χ0) is 15.7.